The SMILES string of the molecule is CCC(=O)Cc1ccc(Oc2ccnc3cc(C)c(C(N)=O)cc23)cc1F. The van der Waals surface area contributed by atoms with Crippen molar-refractivity contribution in [1.29, 1.82) is 0 Å². The molecule has 1 aromatic heterocycles. The number of nitrogens with two attached hydrogens (primary N) is 1. The van der Waals surface area contributed by atoms with Gasteiger partial charge in [0.2, 0.25) is 5.91 Å². The molecule has 27 heavy (non-hydrogen) atoms. The van der Waals surface area contributed by atoms with Crippen LogP contribution >= 0.6 is 0 Å². The molecule has 0 aliphatic rings. The zero-order valence-corrected chi connectivity index (χ0v) is 15.1. The van der Waals surface area contributed by atoms with Gasteiger partial charge in [0.1, 0.15) is 23.1 Å². The number of Topliss-reactive ketones (excluding diaryl/α,β-unsaturated/α-hetero) is 1. The third kappa shape index (κ3) is 3.95. The molecule has 0 unspecified atom stereocenters. The van der Waals surface area contributed by atoms with Crippen LogP contribution in [0.1, 0.15) is 34.8 Å². The number of ether oxygens (including phenoxy) is 1. The highest BCUT2D eigenvalue weighted by Gasteiger charge is 2.13. The van der Waals surface area contributed by atoms with Gasteiger partial charge in [0.05, 0.1) is 5.52 Å². The van der Waals surface area contributed by atoms with Crippen molar-refractivity contribution < 1.29 is 18.7 Å². The fraction of sp³-hybridized carbons (Fsp3) is 0.190. The number of hydrogen-bond donors (Lipinski definition) is 1. The predicted molar refractivity (Wildman–Crippen MR) is 100 cm³/mol. The van der Waals surface area contributed by atoms with Crippen LogP contribution in [0.5, 0.6) is 11.5 Å². The van der Waals surface area contributed by atoms with Gasteiger partial charge in [-0.25, -0.2) is 4.39 Å². The lowest BCUT2D eigenvalue weighted by molar-refractivity contribution is -0.118. The molecule has 6 heteroatoms. The van der Waals surface area contributed by atoms with Crippen LogP contribution in [0.4, 0.5) is 4.39 Å². The zero-order valence-electron chi connectivity index (χ0n) is 15.1. The number of carbonyl (C=O) groups excluding carboxylic acids is 2. The van der Waals surface area contributed by atoms with E-state index in [2.05, 4.69) is 4.98 Å². The Morgan fingerprint density at radius 1 is 1.19 bits per heavy atom. The second kappa shape index (κ2) is 7.53. The number of aryl methyl sites for hydroxylation is 1. The third-order valence-corrected chi connectivity index (χ3v) is 4.35. The van der Waals surface area contributed by atoms with E-state index in [-0.39, 0.29) is 18.0 Å². The van der Waals surface area contributed by atoms with Crippen molar-refractivity contribution in [2.45, 2.75) is 26.7 Å². The molecule has 0 saturated heterocycles. The molecule has 5 nitrogen and oxygen atoms in total. The van der Waals surface area contributed by atoms with Gasteiger partial charge in [0, 0.05) is 36.1 Å². The Labute approximate surface area is 156 Å². The van der Waals surface area contributed by atoms with E-state index < -0.39 is 11.7 Å². The molecule has 3 aromatic rings. The molecule has 2 aromatic carbocycles. The van der Waals surface area contributed by atoms with Crippen molar-refractivity contribution in [1.82, 2.24) is 4.98 Å². The standard InChI is InChI=1S/C21H19FN2O3/c1-3-14(25)9-13-4-5-15(10-18(13)22)27-20-6-7-24-19-8-12(2)16(21(23)26)11-17(19)20/h4-8,10-11H,3,9H2,1-2H3,(H2,23,26). The summed E-state index contributed by atoms with van der Waals surface area (Å²) in [4.78, 5) is 27.4. The van der Waals surface area contributed by atoms with E-state index in [1.807, 2.05) is 0 Å². The first-order valence-electron chi connectivity index (χ1n) is 8.56. The van der Waals surface area contributed by atoms with Gasteiger partial charge in [0.15, 0.2) is 0 Å². The summed E-state index contributed by atoms with van der Waals surface area (Å²) in [7, 11) is 0. The fourth-order valence-corrected chi connectivity index (χ4v) is 2.83. The van der Waals surface area contributed by atoms with Crippen molar-refractivity contribution >= 4 is 22.6 Å². The number of halogens is 1. The molecule has 0 radical (unpaired) electrons. The predicted octanol–water partition coefficient (Wildman–Crippen LogP) is 4.10. The van der Waals surface area contributed by atoms with Gasteiger partial charge in [-0.1, -0.05) is 13.0 Å². The number of rotatable bonds is 6. The molecule has 0 fully saturated rings. The van der Waals surface area contributed by atoms with Crippen LogP contribution in [0.3, 0.4) is 0 Å². The second-order valence-electron chi connectivity index (χ2n) is 6.28. The number of aromatic nitrogens is 1. The molecule has 138 valence electrons. The Hall–Kier alpha value is -3.28. The van der Waals surface area contributed by atoms with Crippen LogP contribution in [0.25, 0.3) is 10.9 Å². The average molecular weight is 366 g/mol. The van der Waals surface area contributed by atoms with Crippen molar-refractivity contribution in [2.24, 2.45) is 5.73 Å². The topological polar surface area (TPSA) is 82.3 Å². The maximum absolute atomic E-state index is 14.3. The van der Waals surface area contributed by atoms with E-state index in [0.29, 0.717) is 34.2 Å². The minimum atomic E-state index is -0.541. The summed E-state index contributed by atoms with van der Waals surface area (Å²) in [6.07, 6.45) is 2.00. The first-order valence-corrected chi connectivity index (χ1v) is 8.56. The summed E-state index contributed by atoms with van der Waals surface area (Å²) >= 11 is 0. The van der Waals surface area contributed by atoms with Crippen LogP contribution in [0.2, 0.25) is 0 Å². The molecular formula is C21H19FN2O3. The molecule has 1 amide bonds. The van der Waals surface area contributed by atoms with Gasteiger partial charge in [-0.2, -0.15) is 0 Å². The quantitative estimate of drug-likeness (QED) is 0.712. The number of ketones is 1. The van der Waals surface area contributed by atoms with Crippen LogP contribution in [0, 0.1) is 12.7 Å². The molecule has 0 aliphatic heterocycles. The molecule has 0 spiro atoms. The summed E-state index contributed by atoms with van der Waals surface area (Å²) in [6, 6.07) is 9.41. The van der Waals surface area contributed by atoms with Gasteiger partial charge in [-0.05, 0) is 42.3 Å². The molecule has 0 saturated carbocycles. The van der Waals surface area contributed by atoms with Crippen molar-refractivity contribution in [3.05, 3.63) is 65.1 Å². The summed E-state index contributed by atoms with van der Waals surface area (Å²) in [5, 5.41) is 0.600. The lowest BCUT2D eigenvalue weighted by Crippen LogP contribution is -2.12. The molecule has 2 N–H and O–H groups in total. The molecule has 3 rings (SSSR count). The maximum Gasteiger partial charge on any atom is 0.248 e. The lowest BCUT2D eigenvalue weighted by Gasteiger charge is -2.11. The Kier molecular flexibility index (Phi) is 5.16. The fourth-order valence-electron chi connectivity index (χ4n) is 2.83. The largest absolute Gasteiger partial charge is 0.456 e. The Morgan fingerprint density at radius 2 is 1.96 bits per heavy atom. The number of fused-ring (bicyclic) bond motifs is 1. The monoisotopic (exact) mass is 366 g/mol. The highest BCUT2D eigenvalue weighted by Crippen LogP contribution is 2.31. The summed E-state index contributed by atoms with van der Waals surface area (Å²) in [6.45, 7) is 3.52. The number of carbonyl (C=O) groups is 2. The van der Waals surface area contributed by atoms with Gasteiger partial charge >= 0.3 is 0 Å². The highest BCUT2D eigenvalue weighted by atomic mass is 19.1. The zero-order chi connectivity index (χ0) is 19.6. The lowest BCUT2D eigenvalue weighted by atomic mass is 10.0. The van der Waals surface area contributed by atoms with Gasteiger partial charge < -0.3 is 10.5 Å². The molecule has 0 aliphatic carbocycles. The first-order chi connectivity index (χ1) is 12.9. The number of pyridine rings is 1. The van der Waals surface area contributed by atoms with E-state index in [4.69, 9.17) is 10.5 Å². The highest BCUT2D eigenvalue weighted by molar-refractivity contribution is 5.99. The normalized spacial score (nSPS) is 10.8. The third-order valence-electron chi connectivity index (χ3n) is 4.35. The van der Waals surface area contributed by atoms with Crippen LogP contribution < -0.4 is 10.5 Å². The van der Waals surface area contributed by atoms with Crippen LogP contribution in [-0.2, 0) is 11.2 Å². The molecule has 0 atom stereocenters. The molecule has 0 bridgehead atoms. The van der Waals surface area contributed by atoms with Crippen LogP contribution in [0.15, 0.2) is 42.6 Å². The smallest absolute Gasteiger partial charge is 0.248 e. The number of benzene rings is 2. The number of primary amides is 1. The molecular weight excluding hydrogens is 347 g/mol. The van der Waals surface area contributed by atoms with E-state index in [0.717, 1.165) is 5.56 Å². The van der Waals surface area contributed by atoms with E-state index in [9.17, 15) is 14.0 Å². The second-order valence-corrected chi connectivity index (χ2v) is 6.28. The number of amides is 1. The molecule has 1 heterocycles. The van der Waals surface area contributed by atoms with Crippen molar-refractivity contribution in [3.63, 3.8) is 0 Å². The van der Waals surface area contributed by atoms with Crippen molar-refractivity contribution in [3.8, 4) is 11.5 Å². The summed E-state index contributed by atoms with van der Waals surface area (Å²) in [5.41, 5.74) is 7.48. The van der Waals surface area contributed by atoms with E-state index in [1.54, 1.807) is 50.4 Å². The average Bonchev–Trinajstić information content (AvgIpc) is 2.63. The maximum atomic E-state index is 14.3. The Balaban J connectivity index is 1.97. The van der Waals surface area contributed by atoms with Gasteiger partial charge in [-0.3, -0.25) is 14.6 Å². The minimum Gasteiger partial charge on any atom is -0.456 e. The Bertz CT molecular complexity index is 1050. The van der Waals surface area contributed by atoms with E-state index in [1.165, 1.54) is 6.07 Å². The van der Waals surface area contributed by atoms with Gasteiger partial charge in [-0.15, -0.1) is 0 Å². The first kappa shape index (κ1) is 18.5. The number of nitrogens with zero attached hydrogens (tertiary/aromatic N) is 1. The number of hydrogen-bond acceptors (Lipinski definition) is 4. The summed E-state index contributed by atoms with van der Waals surface area (Å²) < 4.78 is 20.1. The van der Waals surface area contributed by atoms with Crippen molar-refractivity contribution in [2.75, 3.05) is 0 Å². The van der Waals surface area contributed by atoms with Gasteiger partial charge in [0.25, 0.3) is 0 Å². The summed E-state index contributed by atoms with van der Waals surface area (Å²) in [5.74, 6) is -0.355. The van der Waals surface area contributed by atoms with E-state index >= 15 is 0 Å². The Morgan fingerprint density at radius 3 is 2.63 bits per heavy atom. The van der Waals surface area contributed by atoms with Crippen LogP contribution in [-0.4, -0.2) is 16.7 Å². The minimum absolute atomic E-state index is 0.0305.